The van der Waals surface area contributed by atoms with Crippen molar-refractivity contribution in [3.8, 4) is 0 Å². The van der Waals surface area contributed by atoms with E-state index in [1.807, 2.05) is 13.0 Å². The second-order valence-electron chi connectivity index (χ2n) is 4.03. The van der Waals surface area contributed by atoms with Crippen molar-refractivity contribution in [1.82, 2.24) is 4.90 Å². The molecule has 0 saturated carbocycles. The van der Waals surface area contributed by atoms with Gasteiger partial charge in [-0.15, -0.1) is 0 Å². The van der Waals surface area contributed by atoms with Crippen LogP contribution in [0, 0.1) is 11.6 Å². The molecule has 0 radical (unpaired) electrons. The highest BCUT2D eigenvalue weighted by atomic mass is 19.1. The molecule has 3 heteroatoms. The van der Waals surface area contributed by atoms with Crippen LogP contribution in [0.2, 0.25) is 0 Å². The summed E-state index contributed by atoms with van der Waals surface area (Å²) in [5.74, 6) is -1.04. The van der Waals surface area contributed by atoms with E-state index in [4.69, 9.17) is 0 Å². The van der Waals surface area contributed by atoms with Gasteiger partial charge in [0.05, 0.1) is 0 Å². The quantitative estimate of drug-likeness (QED) is 0.742. The molecular weight excluding hydrogens is 208 g/mol. The molecule has 1 aliphatic rings. The number of rotatable bonds is 2. The van der Waals surface area contributed by atoms with E-state index in [9.17, 15) is 8.78 Å². The van der Waals surface area contributed by atoms with Crippen molar-refractivity contribution in [2.75, 3.05) is 13.1 Å². The Balaban J connectivity index is 2.33. The molecule has 0 amide bonds. The van der Waals surface area contributed by atoms with Gasteiger partial charge in [-0.05, 0) is 31.9 Å². The van der Waals surface area contributed by atoms with Crippen LogP contribution in [-0.4, -0.2) is 18.0 Å². The zero-order valence-electron chi connectivity index (χ0n) is 9.34. The summed E-state index contributed by atoms with van der Waals surface area (Å²) in [6.45, 7) is 3.84. The largest absolute Gasteiger partial charge is 0.371 e. The molecule has 16 heavy (non-hydrogen) atoms. The van der Waals surface area contributed by atoms with E-state index in [0.29, 0.717) is 5.56 Å². The summed E-state index contributed by atoms with van der Waals surface area (Å²) < 4.78 is 26.3. The first-order valence-corrected chi connectivity index (χ1v) is 5.58. The zero-order valence-corrected chi connectivity index (χ0v) is 9.34. The topological polar surface area (TPSA) is 3.24 Å². The summed E-state index contributed by atoms with van der Waals surface area (Å²) in [7, 11) is 0. The number of benzene rings is 1. The maximum Gasteiger partial charge on any atom is 0.126 e. The summed E-state index contributed by atoms with van der Waals surface area (Å²) in [4.78, 5) is 2.17. The van der Waals surface area contributed by atoms with Gasteiger partial charge in [-0.25, -0.2) is 8.78 Å². The van der Waals surface area contributed by atoms with Crippen molar-refractivity contribution in [2.24, 2.45) is 0 Å². The molecule has 0 unspecified atom stereocenters. The lowest BCUT2D eigenvalue weighted by atomic mass is 10.1. The molecule has 2 rings (SSSR count). The van der Waals surface area contributed by atoms with Gasteiger partial charge >= 0.3 is 0 Å². The molecule has 1 fully saturated rings. The summed E-state index contributed by atoms with van der Waals surface area (Å²) in [5, 5.41) is 0. The molecule has 1 aromatic carbocycles. The Labute approximate surface area is 94.4 Å². The van der Waals surface area contributed by atoms with E-state index < -0.39 is 11.6 Å². The van der Waals surface area contributed by atoms with Crippen LogP contribution in [0.5, 0.6) is 0 Å². The van der Waals surface area contributed by atoms with Crippen LogP contribution in [0.15, 0.2) is 24.3 Å². The Hall–Kier alpha value is -1.38. The lowest BCUT2D eigenvalue weighted by Crippen LogP contribution is -2.17. The van der Waals surface area contributed by atoms with Gasteiger partial charge in [0.15, 0.2) is 0 Å². The van der Waals surface area contributed by atoms with Crippen molar-refractivity contribution in [1.29, 1.82) is 0 Å². The predicted octanol–water partition coefficient (Wildman–Crippen LogP) is 3.42. The van der Waals surface area contributed by atoms with E-state index in [-0.39, 0.29) is 0 Å². The van der Waals surface area contributed by atoms with Gasteiger partial charge in [-0.1, -0.05) is 6.08 Å². The van der Waals surface area contributed by atoms with Crippen molar-refractivity contribution < 1.29 is 8.78 Å². The normalized spacial score (nSPS) is 16.9. The first-order chi connectivity index (χ1) is 7.70. The van der Waals surface area contributed by atoms with Gasteiger partial charge in [0.2, 0.25) is 0 Å². The first kappa shape index (κ1) is 11.1. The molecule has 1 aliphatic heterocycles. The fraction of sp³-hybridized carbons (Fsp3) is 0.385. The monoisotopic (exact) mass is 223 g/mol. The molecule has 0 aliphatic carbocycles. The third kappa shape index (κ3) is 2.23. The number of nitrogens with zero attached hydrogens (tertiary/aromatic N) is 1. The summed E-state index contributed by atoms with van der Waals surface area (Å²) >= 11 is 0. The zero-order chi connectivity index (χ0) is 11.5. The summed E-state index contributed by atoms with van der Waals surface area (Å²) in [6, 6.07) is 3.67. The Morgan fingerprint density at radius 1 is 1.12 bits per heavy atom. The van der Waals surface area contributed by atoms with Gasteiger partial charge in [0.25, 0.3) is 0 Å². The predicted molar refractivity (Wildman–Crippen MR) is 60.8 cm³/mol. The maximum atomic E-state index is 13.1. The smallest absolute Gasteiger partial charge is 0.126 e. The third-order valence-corrected chi connectivity index (χ3v) is 2.88. The maximum absolute atomic E-state index is 13.1. The minimum atomic E-state index is -0.520. The highest BCUT2D eigenvalue weighted by Gasteiger charge is 2.16. The Bertz CT molecular complexity index is 386. The van der Waals surface area contributed by atoms with Crippen LogP contribution in [0.25, 0.3) is 5.70 Å². The van der Waals surface area contributed by atoms with Crippen LogP contribution in [-0.2, 0) is 0 Å². The van der Waals surface area contributed by atoms with Gasteiger partial charge in [0.1, 0.15) is 11.6 Å². The van der Waals surface area contributed by atoms with Crippen molar-refractivity contribution in [2.45, 2.75) is 19.8 Å². The molecule has 1 nitrogen and oxygen atoms in total. The van der Waals surface area contributed by atoms with Crippen molar-refractivity contribution in [3.63, 3.8) is 0 Å². The van der Waals surface area contributed by atoms with Crippen LogP contribution in [0.3, 0.4) is 0 Å². The third-order valence-electron chi connectivity index (χ3n) is 2.88. The average molecular weight is 223 g/mol. The van der Waals surface area contributed by atoms with E-state index in [0.717, 1.165) is 37.7 Å². The molecule has 0 bridgehead atoms. The lowest BCUT2D eigenvalue weighted by Gasteiger charge is -2.21. The van der Waals surface area contributed by atoms with Crippen molar-refractivity contribution in [3.05, 3.63) is 41.5 Å². The van der Waals surface area contributed by atoms with Crippen LogP contribution in [0.4, 0.5) is 8.78 Å². The van der Waals surface area contributed by atoms with Crippen molar-refractivity contribution >= 4 is 5.70 Å². The van der Waals surface area contributed by atoms with Crippen LogP contribution in [0.1, 0.15) is 25.3 Å². The minimum absolute atomic E-state index is 0.520. The highest BCUT2D eigenvalue weighted by molar-refractivity contribution is 5.64. The Kier molecular flexibility index (Phi) is 3.22. The Morgan fingerprint density at radius 3 is 2.19 bits per heavy atom. The average Bonchev–Trinajstić information content (AvgIpc) is 2.70. The van der Waals surface area contributed by atoms with Gasteiger partial charge in [0, 0.05) is 30.4 Å². The second kappa shape index (κ2) is 4.64. The number of hydrogen-bond donors (Lipinski definition) is 0. The summed E-state index contributed by atoms with van der Waals surface area (Å²) in [5.41, 5.74) is 1.55. The molecule has 1 heterocycles. The van der Waals surface area contributed by atoms with E-state index in [1.54, 1.807) is 0 Å². The lowest BCUT2D eigenvalue weighted by molar-refractivity contribution is 0.490. The molecule has 86 valence electrons. The van der Waals surface area contributed by atoms with Gasteiger partial charge < -0.3 is 4.90 Å². The SMILES string of the molecule is CC=C(c1cc(F)cc(F)c1)N1CCCC1. The summed E-state index contributed by atoms with van der Waals surface area (Å²) in [6.07, 6.45) is 4.21. The number of allylic oxidation sites excluding steroid dienone is 1. The van der Waals surface area contributed by atoms with Crippen LogP contribution < -0.4 is 0 Å². The molecule has 1 aromatic rings. The molecular formula is C13H15F2N. The van der Waals surface area contributed by atoms with Gasteiger partial charge in [-0.3, -0.25) is 0 Å². The molecule has 0 spiro atoms. The van der Waals surface area contributed by atoms with Gasteiger partial charge in [-0.2, -0.15) is 0 Å². The van der Waals surface area contributed by atoms with E-state index >= 15 is 0 Å². The first-order valence-electron chi connectivity index (χ1n) is 5.58. The highest BCUT2D eigenvalue weighted by Crippen LogP contribution is 2.25. The minimum Gasteiger partial charge on any atom is -0.371 e. The van der Waals surface area contributed by atoms with E-state index in [2.05, 4.69) is 4.90 Å². The fourth-order valence-electron chi connectivity index (χ4n) is 2.19. The molecule has 1 saturated heterocycles. The van der Waals surface area contributed by atoms with Crippen LogP contribution >= 0.6 is 0 Å². The molecule has 0 aromatic heterocycles. The number of hydrogen-bond acceptors (Lipinski definition) is 1. The second-order valence-corrected chi connectivity index (χ2v) is 4.03. The number of halogens is 2. The molecule has 0 N–H and O–H groups in total. The molecule has 0 atom stereocenters. The fourth-order valence-corrected chi connectivity index (χ4v) is 2.19. The standard InChI is InChI=1S/C13H15F2N/c1-2-13(16-5-3-4-6-16)10-7-11(14)9-12(15)8-10/h2,7-9H,3-6H2,1H3. The Morgan fingerprint density at radius 2 is 1.69 bits per heavy atom. The number of likely N-dealkylation sites (tertiary alicyclic amines) is 1. The van der Waals surface area contributed by atoms with E-state index in [1.165, 1.54) is 12.1 Å².